The molecule has 2 rings (SSSR count). The molecule has 0 aliphatic heterocycles. The van der Waals surface area contributed by atoms with E-state index in [0.717, 1.165) is 22.3 Å². The number of allylic oxidation sites excluding steroid dienone is 18. The summed E-state index contributed by atoms with van der Waals surface area (Å²) in [7, 11) is 0. The Morgan fingerprint density at radius 1 is 0.591 bits per heavy atom. The van der Waals surface area contributed by atoms with Gasteiger partial charge in [0.05, 0.1) is 0 Å². The van der Waals surface area contributed by atoms with Crippen LogP contribution in [0.3, 0.4) is 0 Å². The van der Waals surface area contributed by atoms with E-state index in [9.17, 15) is 9.59 Å². The van der Waals surface area contributed by atoms with Gasteiger partial charge < -0.3 is 10.2 Å². The highest BCUT2D eigenvalue weighted by atomic mass is 16.4. The first kappa shape index (κ1) is 38.4. The highest BCUT2D eigenvalue weighted by Crippen LogP contribution is 2.41. The van der Waals surface area contributed by atoms with Gasteiger partial charge in [0.1, 0.15) is 0 Å². The van der Waals surface area contributed by atoms with E-state index in [-0.39, 0.29) is 10.8 Å². The van der Waals surface area contributed by atoms with Gasteiger partial charge in [0.2, 0.25) is 0 Å². The Labute approximate surface area is 267 Å². The van der Waals surface area contributed by atoms with E-state index in [2.05, 4.69) is 79.7 Å². The number of aliphatic carboxylic acids is 2. The van der Waals surface area contributed by atoms with Gasteiger partial charge in [-0.25, -0.2) is 9.59 Å². The van der Waals surface area contributed by atoms with Crippen molar-refractivity contribution >= 4 is 11.9 Å². The predicted molar refractivity (Wildman–Crippen MR) is 188 cm³/mol. The van der Waals surface area contributed by atoms with Crippen LogP contribution in [0.5, 0.6) is 0 Å². The molecule has 0 unspecified atom stereocenters. The first-order valence-electron chi connectivity index (χ1n) is 15.7. The minimum Gasteiger partial charge on any atom is -0.478 e. The van der Waals surface area contributed by atoms with Crippen molar-refractivity contribution in [1.29, 1.82) is 0 Å². The topological polar surface area (TPSA) is 74.6 Å². The van der Waals surface area contributed by atoms with Gasteiger partial charge in [-0.3, -0.25) is 0 Å². The molecule has 44 heavy (non-hydrogen) atoms. The standard InChI is InChI=1S/2C20H28O2/c2*1-15(8-6-9-16(2)14-19(21)22)11-12-18-17(3)10-7-13-20(18,4)5/h2*6,8-9,11-12,14H,7,10,13H2,1-5H3,(H,21,22)/b9-6+,12-11+,15-8+,16-14+;9-6+,12-11+,15-8+,16-14-. The largest absolute Gasteiger partial charge is 0.478 e. The molecular formula is C40H56O4. The fourth-order valence-corrected chi connectivity index (χ4v) is 5.75. The smallest absolute Gasteiger partial charge is 0.328 e. The Bertz CT molecular complexity index is 1240. The molecule has 2 aliphatic carbocycles. The first-order chi connectivity index (χ1) is 20.4. The van der Waals surface area contributed by atoms with Crippen molar-refractivity contribution < 1.29 is 19.8 Å². The second kappa shape index (κ2) is 18.2. The number of carboxylic acids is 2. The van der Waals surface area contributed by atoms with Gasteiger partial charge in [0.25, 0.3) is 0 Å². The average molecular weight is 601 g/mol. The van der Waals surface area contributed by atoms with Crippen LogP contribution in [0, 0.1) is 10.8 Å². The van der Waals surface area contributed by atoms with Crippen LogP contribution in [0.4, 0.5) is 0 Å². The molecule has 0 amide bonds. The van der Waals surface area contributed by atoms with Crippen LogP contribution in [-0.4, -0.2) is 22.2 Å². The minimum absolute atomic E-state index is 0.260. The summed E-state index contributed by atoms with van der Waals surface area (Å²) in [5, 5.41) is 17.3. The zero-order valence-electron chi connectivity index (χ0n) is 28.9. The summed E-state index contributed by atoms with van der Waals surface area (Å²) in [6.07, 6.45) is 30.0. The Morgan fingerprint density at radius 3 is 1.23 bits per heavy atom. The Hall–Kier alpha value is -3.66. The number of carbonyl (C=O) groups is 2. The van der Waals surface area contributed by atoms with E-state index < -0.39 is 11.9 Å². The van der Waals surface area contributed by atoms with Gasteiger partial charge >= 0.3 is 11.9 Å². The maximum atomic E-state index is 10.5. The molecule has 0 saturated heterocycles. The van der Waals surface area contributed by atoms with E-state index in [1.54, 1.807) is 26.0 Å². The molecule has 0 heterocycles. The summed E-state index contributed by atoms with van der Waals surface area (Å²) >= 11 is 0. The third kappa shape index (κ3) is 14.7. The van der Waals surface area contributed by atoms with Crippen molar-refractivity contribution in [3.8, 4) is 0 Å². The van der Waals surface area contributed by atoms with Crippen LogP contribution >= 0.6 is 0 Å². The zero-order chi connectivity index (χ0) is 33.5. The lowest BCUT2D eigenvalue weighted by Gasteiger charge is -2.33. The van der Waals surface area contributed by atoms with Gasteiger partial charge in [0.15, 0.2) is 0 Å². The summed E-state index contributed by atoms with van der Waals surface area (Å²) in [5.74, 6) is -1.82. The molecule has 0 spiro atoms. The first-order valence-corrected chi connectivity index (χ1v) is 15.7. The molecule has 0 radical (unpaired) electrons. The summed E-state index contributed by atoms with van der Waals surface area (Å²) in [6, 6.07) is 0. The molecule has 2 N–H and O–H groups in total. The minimum atomic E-state index is -0.912. The Balaban J connectivity index is 0.000000440. The maximum absolute atomic E-state index is 10.5. The Kier molecular flexibility index (Phi) is 15.9. The van der Waals surface area contributed by atoms with E-state index in [0.29, 0.717) is 0 Å². The van der Waals surface area contributed by atoms with E-state index in [1.807, 2.05) is 24.3 Å². The predicted octanol–water partition coefficient (Wildman–Crippen LogP) is 11.2. The number of carboxylic acid groups (broad SMARTS) is 2. The number of rotatable bonds is 10. The quantitative estimate of drug-likeness (QED) is 0.193. The third-order valence-electron chi connectivity index (χ3n) is 8.25. The van der Waals surface area contributed by atoms with Crippen molar-refractivity contribution in [2.75, 3.05) is 0 Å². The number of hydrogen-bond acceptors (Lipinski definition) is 2. The summed E-state index contributed by atoms with van der Waals surface area (Å²) < 4.78 is 0. The molecule has 0 aromatic carbocycles. The van der Waals surface area contributed by atoms with Gasteiger partial charge in [-0.15, -0.1) is 0 Å². The van der Waals surface area contributed by atoms with E-state index in [1.165, 1.54) is 73.0 Å². The van der Waals surface area contributed by atoms with E-state index in [4.69, 9.17) is 10.2 Å². The molecule has 0 bridgehead atoms. The highest BCUT2D eigenvalue weighted by molar-refractivity contribution is 5.81. The average Bonchev–Trinajstić information content (AvgIpc) is 2.87. The van der Waals surface area contributed by atoms with Crippen molar-refractivity contribution in [2.45, 2.75) is 108 Å². The lowest BCUT2D eigenvalue weighted by Crippen LogP contribution is -2.19. The lowest BCUT2D eigenvalue weighted by atomic mass is 9.72. The Morgan fingerprint density at radius 2 is 0.932 bits per heavy atom. The molecule has 0 fully saturated rings. The normalized spacial score (nSPS) is 20.2. The molecule has 240 valence electrons. The lowest BCUT2D eigenvalue weighted by molar-refractivity contribution is -0.132. The fourth-order valence-electron chi connectivity index (χ4n) is 5.75. The van der Waals surface area contributed by atoms with Crippen molar-refractivity contribution in [3.05, 3.63) is 117 Å². The third-order valence-corrected chi connectivity index (χ3v) is 8.25. The SMILES string of the molecule is CC1=C(/C=C/C(C)=C/C=C/C(C)=C/C(=O)O)C(C)(C)CCC1.CC1=C(/C=C/C(C)=C/C=C/C(C)=C\C(=O)O)C(C)(C)CCC1. The van der Waals surface area contributed by atoms with Crippen LogP contribution in [0.1, 0.15) is 108 Å². The van der Waals surface area contributed by atoms with Gasteiger partial charge in [0, 0.05) is 12.2 Å². The molecule has 0 aromatic rings. The van der Waals surface area contributed by atoms with Crippen LogP contribution in [-0.2, 0) is 9.59 Å². The molecule has 0 saturated carbocycles. The van der Waals surface area contributed by atoms with Crippen LogP contribution < -0.4 is 0 Å². The van der Waals surface area contributed by atoms with Crippen LogP contribution in [0.2, 0.25) is 0 Å². The monoisotopic (exact) mass is 600 g/mol. The van der Waals surface area contributed by atoms with E-state index >= 15 is 0 Å². The van der Waals surface area contributed by atoms with Crippen molar-refractivity contribution in [2.24, 2.45) is 10.8 Å². The van der Waals surface area contributed by atoms with Gasteiger partial charge in [-0.05, 0) is 113 Å². The summed E-state index contributed by atoms with van der Waals surface area (Å²) in [4.78, 5) is 21.1. The zero-order valence-corrected chi connectivity index (χ0v) is 28.9. The van der Waals surface area contributed by atoms with Gasteiger partial charge in [-0.1, -0.05) is 111 Å². The molecule has 0 atom stereocenters. The molecular weight excluding hydrogens is 544 g/mol. The van der Waals surface area contributed by atoms with Crippen LogP contribution in [0.15, 0.2) is 117 Å². The molecule has 2 aliphatic rings. The summed E-state index contributed by atoms with van der Waals surface area (Å²) in [5.41, 5.74) is 10.2. The second-order valence-corrected chi connectivity index (χ2v) is 13.5. The molecule has 0 aromatic heterocycles. The maximum Gasteiger partial charge on any atom is 0.328 e. The molecule has 4 heteroatoms. The van der Waals surface area contributed by atoms with Crippen molar-refractivity contribution in [1.82, 2.24) is 0 Å². The highest BCUT2D eigenvalue weighted by Gasteiger charge is 2.27. The molecule has 4 nitrogen and oxygen atoms in total. The van der Waals surface area contributed by atoms with Crippen LogP contribution in [0.25, 0.3) is 0 Å². The van der Waals surface area contributed by atoms with Gasteiger partial charge in [-0.2, -0.15) is 0 Å². The van der Waals surface area contributed by atoms with Crippen molar-refractivity contribution in [3.63, 3.8) is 0 Å². The number of hydrogen-bond donors (Lipinski definition) is 2. The fraction of sp³-hybridized carbons (Fsp3) is 0.450. The summed E-state index contributed by atoms with van der Waals surface area (Å²) in [6.45, 7) is 21.4. The second-order valence-electron chi connectivity index (χ2n) is 13.5.